The number of ether oxygens (including phenoxy) is 1. The zero-order valence-corrected chi connectivity index (χ0v) is 11.0. The van der Waals surface area contributed by atoms with Crippen molar-refractivity contribution in [3.8, 4) is 0 Å². The van der Waals surface area contributed by atoms with Crippen LogP contribution >= 0.6 is 0 Å². The number of morpholine rings is 1. The Morgan fingerprint density at radius 2 is 2.11 bits per heavy atom. The Bertz CT molecular complexity index is 417. The van der Waals surface area contributed by atoms with Crippen molar-refractivity contribution in [1.82, 2.24) is 4.90 Å². The summed E-state index contributed by atoms with van der Waals surface area (Å²) in [6.07, 6.45) is 2.82. The van der Waals surface area contributed by atoms with Gasteiger partial charge in [0.05, 0.1) is 18.8 Å². The molecule has 3 heteroatoms. The Kier molecular flexibility index (Phi) is 3.37. The summed E-state index contributed by atoms with van der Waals surface area (Å²) in [5, 5.41) is 0. The molecule has 2 atom stereocenters. The molecule has 2 unspecified atom stereocenters. The van der Waals surface area contributed by atoms with Gasteiger partial charge in [0.2, 0.25) is 0 Å². The summed E-state index contributed by atoms with van der Waals surface area (Å²) in [4.78, 5) is 2.37. The van der Waals surface area contributed by atoms with Crippen LogP contribution in [-0.4, -0.2) is 37.7 Å². The van der Waals surface area contributed by atoms with E-state index in [0.29, 0.717) is 12.6 Å². The van der Waals surface area contributed by atoms with E-state index in [1.165, 1.54) is 24.0 Å². The second-order valence-corrected chi connectivity index (χ2v) is 5.51. The van der Waals surface area contributed by atoms with E-state index in [1.807, 2.05) is 0 Å². The van der Waals surface area contributed by atoms with Crippen molar-refractivity contribution in [2.75, 3.05) is 26.7 Å². The molecule has 1 saturated carbocycles. The minimum Gasteiger partial charge on any atom is -0.374 e. The van der Waals surface area contributed by atoms with E-state index in [9.17, 15) is 0 Å². The average molecular weight is 246 g/mol. The molecule has 98 valence electrons. The first-order chi connectivity index (χ1) is 8.79. The third-order valence-electron chi connectivity index (χ3n) is 4.14. The summed E-state index contributed by atoms with van der Waals surface area (Å²) in [6, 6.07) is 9.31. The van der Waals surface area contributed by atoms with Crippen LogP contribution in [-0.2, 0) is 4.74 Å². The van der Waals surface area contributed by atoms with Crippen LogP contribution in [0.5, 0.6) is 0 Å². The average Bonchev–Trinajstić information content (AvgIpc) is 3.23. The lowest BCUT2D eigenvalue weighted by Crippen LogP contribution is -2.46. The van der Waals surface area contributed by atoms with Gasteiger partial charge in [-0.1, -0.05) is 24.3 Å². The van der Waals surface area contributed by atoms with Gasteiger partial charge < -0.3 is 10.5 Å². The van der Waals surface area contributed by atoms with Gasteiger partial charge in [0.25, 0.3) is 0 Å². The van der Waals surface area contributed by atoms with Crippen LogP contribution in [0.2, 0.25) is 0 Å². The highest BCUT2D eigenvalue weighted by Crippen LogP contribution is 2.41. The predicted octanol–water partition coefficient (Wildman–Crippen LogP) is 1.89. The maximum atomic E-state index is 5.85. The van der Waals surface area contributed by atoms with Crippen molar-refractivity contribution in [2.24, 2.45) is 5.73 Å². The van der Waals surface area contributed by atoms with E-state index in [4.69, 9.17) is 10.5 Å². The summed E-state index contributed by atoms with van der Waals surface area (Å²) < 4.78 is 5.81. The lowest BCUT2D eigenvalue weighted by Gasteiger charge is -2.39. The van der Waals surface area contributed by atoms with Crippen molar-refractivity contribution in [3.63, 3.8) is 0 Å². The molecule has 2 fully saturated rings. The lowest BCUT2D eigenvalue weighted by molar-refractivity contribution is -0.0576. The second kappa shape index (κ2) is 5.00. The standard InChI is InChI=1S/C15H22N2O/c1-17-7-8-18-14(10-16)15(17)13-4-2-3-12(9-13)11-5-6-11/h2-4,9,11,14-15H,5-8,10,16H2,1H3. The predicted molar refractivity (Wildman–Crippen MR) is 72.6 cm³/mol. The Labute approximate surface area is 109 Å². The number of nitrogens with two attached hydrogens (primary N) is 1. The topological polar surface area (TPSA) is 38.5 Å². The molecule has 0 amide bonds. The fourth-order valence-electron chi connectivity index (χ4n) is 2.94. The number of benzene rings is 1. The van der Waals surface area contributed by atoms with Gasteiger partial charge in [0.1, 0.15) is 0 Å². The van der Waals surface area contributed by atoms with Gasteiger partial charge in [-0.05, 0) is 36.9 Å². The van der Waals surface area contributed by atoms with Gasteiger partial charge in [-0.3, -0.25) is 4.90 Å². The molecule has 3 rings (SSSR count). The third kappa shape index (κ3) is 2.30. The highest BCUT2D eigenvalue weighted by molar-refractivity contribution is 5.31. The van der Waals surface area contributed by atoms with E-state index >= 15 is 0 Å². The summed E-state index contributed by atoms with van der Waals surface area (Å²) in [6.45, 7) is 2.36. The van der Waals surface area contributed by atoms with Crippen LogP contribution in [0.3, 0.4) is 0 Å². The highest BCUT2D eigenvalue weighted by atomic mass is 16.5. The van der Waals surface area contributed by atoms with Crippen molar-refractivity contribution in [2.45, 2.75) is 30.9 Å². The van der Waals surface area contributed by atoms with E-state index in [0.717, 1.165) is 19.1 Å². The maximum Gasteiger partial charge on any atom is 0.0894 e. The van der Waals surface area contributed by atoms with Gasteiger partial charge in [0, 0.05) is 13.1 Å². The van der Waals surface area contributed by atoms with Crippen LogP contribution in [0.4, 0.5) is 0 Å². The normalized spacial score (nSPS) is 29.4. The number of hydrogen-bond acceptors (Lipinski definition) is 3. The summed E-state index contributed by atoms with van der Waals surface area (Å²) in [5.41, 5.74) is 8.70. The molecular weight excluding hydrogens is 224 g/mol. The van der Waals surface area contributed by atoms with Gasteiger partial charge >= 0.3 is 0 Å². The number of hydrogen-bond donors (Lipinski definition) is 1. The molecule has 2 N–H and O–H groups in total. The van der Waals surface area contributed by atoms with Gasteiger partial charge in [-0.25, -0.2) is 0 Å². The summed E-state index contributed by atoms with van der Waals surface area (Å²) in [7, 11) is 2.17. The smallest absolute Gasteiger partial charge is 0.0894 e. The molecule has 18 heavy (non-hydrogen) atoms. The van der Waals surface area contributed by atoms with Crippen LogP contribution < -0.4 is 5.73 Å². The van der Waals surface area contributed by atoms with Crippen LogP contribution in [0, 0.1) is 0 Å². The Morgan fingerprint density at radius 1 is 1.33 bits per heavy atom. The number of nitrogens with zero attached hydrogens (tertiary/aromatic N) is 1. The molecule has 1 saturated heterocycles. The van der Waals surface area contributed by atoms with Crippen molar-refractivity contribution >= 4 is 0 Å². The molecule has 1 aliphatic heterocycles. The molecule has 0 spiro atoms. The lowest BCUT2D eigenvalue weighted by atomic mass is 9.95. The first-order valence-corrected chi connectivity index (χ1v) is 6.91. The molecule has 0 bridgehead atoms. The molecule has 1 aromatic rings. The van der Waals surface area contributed by atoms with Gasteiger partial charge in [-0.15, -0.1) is 0 Å². The zero-order chi connectivity index (χ0) is 12.5. The minimum atomic E-state index is 0.123. The second-order valence-electron chi connectivity index (χ2n) is 5.51. The SMILES string of the molecule is CN1CCOC(CN)C1c1cccc(C2CC2)c1. The van der Waals surface area contributed by atoms with Crippen molar-refractivity contribution in [1.29, 1.82) is 0 Å². The molecular formula is C15H22N2O. The molecule has 2 aliphatic rings. The van der Waals surface area contributed by atoms with Gasteiger partial charge in [0.15, 0.2) is 0 Å². The Hall–Kier alpha value is -0.900. The number of likely N-dealkylation sites (N-methyl/N-ethyl adjacent to an activating group) is 1. The zero-order valence-electron chi connectivity index (χ0n) is 11.0. The number of rotatable bonds is 3. The van der Waals surface area contributed by atoms with Crippen molar-refractivity contribution in [3.05, 3.63) is 35.4 Å². The minimum absolute atomic E-state index is 0.123. The molecule has 1 aliphatic carbocycles. The summed E-state index contributed by atoms with van der Waals surface area (Å²) in [5.74, 6) is 0.802. The first kappa shape index (κ1) is 12.2. The molecule has 1 aromatic carbocycles. The Morgan fingerprint density at radius 3 is 2.83 bits per heavy atom. The van der Waals surface area contributed by atoms with Crippen molar-refractivity contribution < 1.29 is 4.74 Å². The van der Waals surface area contributed by atoms with Crippen LogP contribution in [0.1, 0.15) is 35.9 Å². The fourth-order valence-corrected chi connectivity index (χ4v) is 2.94. The first-order valence-electron chi connectivity index (χ1n) is 6.91. The maximum absolute atomic E-state index is 5.85. The third-order valence-corrected chi connectivity index (χ3v) is 4.14. The van der Waals surface area contributed by atoms with E-state index in [1.54, 1.807) is 0 Å². The highest BCUT2D eigenvalue weighted by Gasteiger charge is 2.31. The Balaban J connectivity index is 1.88. The fraction of sp³-hybridized carbons (Fsp3) is 0.600. The van der Waals surface area contributed by atoms with E-state index in [2.05, 4.69) is 36.2 Å². The quantitative estimate of drug-likeness (QED) is 0.885. The molecule has 1 heterocycles. The van der Waals surface area contributed by atoms with Crippen LogP contribution in [0.25, 0.3) is 0 Å². The summed E-state index contributed by atoms with van der Waals surface area (Å²) >= 11 is 0. The molecule has 3 nitrogen and oxygen atoms in total. The molecule has 0 aromatic heterocycles. The largest absolute Gasteiger partial charge is 0.374 e. The van der Waals surface area contributed by atoms with Crippen LogP contribution in [0.15, 0.2) is 24.3 Å². The van der Waals surface area contributed by atoms with E-state index in [-0.39, 0.29) is 6.10 Å². The monoisotopic (exact) mass is 246 g/mol. The van der Waals surface area contributed by atoms with Gasteiger partial charge in [-0.2, -0.15) is 0 Å². The molecule has 0 radical (unpaired) electrons. The van der Waals surface area contributed by atoms with E-state index < -0.39 is 0 Å².